The summed E-state index contributed by atoms with van der Waals surface area (Å²) in [6, 6.07) is 15.0. The standard InChI is InChI=1S/C29H42N4O6/c1-36-18-21-39-27-8-6-25(7-9-27)29(35)32-13-17-38-20-19-37-16-12-31-28(34)24-4-2-23(3-5-24)22-33-14-10-26(30)11-15-33/h2-9,26H,10-22,30H2,1H3,(H,31,34)(H,32,35). The van der Waals surface area contributed by atoms with Gasteiger partial charge in [-0.15, -0.1) is 0 Å². The molecule has 0 radical (unpaired) electrons. The molecule has 39 heavy (non-hydrogen) atoms. The number of rotatable bonds is 17. The van der Waals surface area contributed by atoms with Crippen LogP contribution in [-0.4, -0.2) is 95.7 Å². The monoisotopic (exact) mass is 542 g/mol. The Morgan fingerprint density at radius 2 is 1.33 bits per heavy atom. The lowest BCUT2D eigenvalue weighted by Crippen LogP contribution is -2.39. The van der Waals surface area contributed by atoms with Crippen molar-refractivity contribution in [3.8, 4) is 5.75 Å². The van der Waals surface area contributed by atoms with E-state index in [0.29, 0.717) is 75.6 Å². The molecule has 2 aromatic carbocycles. The summed E-state index contributed by atoms with van der Waals surface area (Å²) in [6.45, 7) is 6.30. The molecule has 0 aliphatic carbocycles. The third-order valence-electron chi connectivity index (χ3n) is 6.36. The van der Waals surface area contributed by atoms with Crippen LogP contribution in [0.25, 0.3) is 0 Å². The highest BCUT2D eigenvalue weighted by molar-refractivity contribution is 5.94. The molecule has 4 N–H and O–H groups in total. The first-order chi connectivity index (χ1) is 19.0. The third kappa shape index (κ3) is 11.7. The van der Waals surface area contributed by atoms with E-state index < -0.39 is 0 Å². The van der Waals surface area contributed by atoms with Crippen molar-refractivity contribution >= 4 is 11.8 Å². The van der Waals surface area contributed by atoms with Crippen LogP contribution in [0, 0.1) is 0 Å². The SMILES string of the molecule is COCCOc1ccc(C(=O)NCCOCCOCCNC(=O)c2ccc(CN3CCC(N)CC3)cc2)cc1. The molecule has 214 valence electrons. The topological polar surface area (TPSA) is 124 Å². The van der Waals surface area contributed by atoms with Gasteiger partial charge in [-0.1, -0.05) is 12.1 Å². The van der Waals surface area contributed by atoms with E-state index in [4.69, 9.17) is 24.7 Å². The normalized spacial score (nSPS) is 14.2. The zero-order chi connectivity index (χ0) is 27.7. The van der Waals surface area contributed by atoms with Gasteiger partial charge < -0.3 is 35.3 Å². The Morgan fingerprint density at radius 3 is 1.87 bits per heavy atom. The smallest absolute Gasteiger partial charge is 0.251 e. The summed E-state index contributed by atoms with van der Waals surface area (Å²) in [6.07, 6.45) is 2.08. The Bertz CT molecular complexity index is 978. The maximum Gasteiger partial charge on any atom is 0.251 e. The maximum atomic E-state index is 12.4. The number of ether oxygens (including phenoxy) is 4. The fourth-order valence-electron chi connectivity index (χ4n) is 4.08. The summed E-state index contributed by atoms with van der Waals surface area (Å²) in [5.41, 5.74) is 8.36. The highest BCUT2D eigenvalue weighted by atomic mass is 16.5. The molecular formula is C29H42N4O6. The number of nitrogens with one attached hydrogen (secondary N) is 2. The van der Waals surface area contributed by atoms with Gasteiger partial charge in [-0.2, -0.15) is 0 Å². The number of nitrogens with zero attached hydrogens (tertiary/aromatic N) is 1. The summed E-state index contributed by atoms with van der Waals surface area (Å²) in [5, 5.41) is 5.69. The summed E-state index contributed by atoms with van der Waals surface area (Å²) in [5.74, 6) is 0.403. The van der Waals surface area contributed by atoms with E-state index in [2.05, 4.69) is 15.5 Å². The molecule has 0 aromatic heterocycles. The van der Waals surface area contributed by atoms with Gasteiger partial charge in [0.1, 0.15) is 12.4 Å². The molecule has 10 nitrogen and oxygen atoms in total. The summed E-state index contributed by atoms with van der Waals surface area (Å²) < 4.78 is 21.4. The molecule has 1 fully saturated rings. The molecule has 3 rings (SSSR count). The van der Waals surface area contributed by atoms with Gasteiger partial charge in [0.25, 0.3) is 11.8 Å². The van der Waals surface area contributed by atoms with Crippen molar-refractivity contribution in [2.45, 2.75) is 25.4 Å². The lowest BCUT2D eigenvalue weighted by atomic mass is 10.0. The number of carbonyl (C=O) groups is 2. The van der Waals surface area contributed by atoms with E-state index in [1.807, 2.05) is 24.3 Å². The zero-order valence-electron chi connectivity index (χ0n) is 22.9. The maximum absolute atomic E-state index is 12.4. The van der Waals surface area contributed by atoms with Crippen LogP contribution in [-0.2, 0) is 20.8 Å². The molecule has 1 heterocycles. The molecular weight excluding hydrogens is 500 g/mol. The number of benzene rings is 2. The zero-order valence-corrected chi connectivity index (χ0v) is 22.9. The van der Waals surface area contributed by atoms with Crippen LogP contribution in [0.3, 0.4) is 0 Å². The molecule has 2 amide bonds. The van der Waals surface area contributed by atoms with Crippen molar-refractivity contribution in [3.63, 3.8) is 0 Å². The summed E-state index contributed by atoms with van der Waals surface area (Å²) in [4.78, 5) is 27.0. The number of piperidine rings is 1. The lowest BCUT2D eigenvalue weighted by Gasteiger charge is -2.30. The van der Waals surface area contributed by atoms with Crippen LogP contribution in [0.2, 0.25) is 0 Å². The number of hydrogen-bond donors (Lipinski definition) is 3. The Hall–Kier alpha value is -3.02. The molecule has 0 bridgehead atoms. The third-order valence-corrected chi connectivity index (χ3v) is 6.36. The molecule has 0 unspecified atom stereocenters. The van der Waals surface area contributed by atoms with Crippen LogP contribution < -0.4 is 21.1 Å². The molecule has 10 heteroatoms. The second-order valence-corrected chi connectivity index (χ2v) is 9.41. The van der Waals surface area contributed by atoms with Gasteiger partial charge in [-0.3, -0.25) is 14.5 Å². The van der Waals surface area contributed by atoms with Gasteiger partial charge in [0.05, 0.1) is 33.0 Å². The Morgan fingerprint density at radius 1 is 0.795 bits per heavy atom. The van der Waals surface area contributed by atoms with E-state index in [1.54, 1.807) is 31.4 Å². The van der Waals surface area contributed by atoms with Crippen molar-refractivity contribution in [1.82, 2.24) is 15.5 Å². The van der Waals surface area contributed by atoms with Gasteiger partial charge in [-0.05, 0) is 67.9 Å². The minimum Gasteiger partial charge on any atom is -0.491 e. The first-order valence-electron chi connectivity index (χ1n) is 13.6. The van der Waals surface area contributed by atoms with Crippen LogP contribution >= 0.6 is 0 Å². The van der Waals surface area contributed by atoms with Crippen molar-refractivity contribution in [2.75, 3.05) is 72.9 Å². The first-order valence-corrected chi connectivity index (χ1v) is 13.6. The van der Waals surface area contributed by atoms with E-state index in [0.717, 1.165) is 32.5 Å². The Balaban J connectivity index is 1.17. The van der Waals surface area contributed by atoms with E-state index in [9.17, 15) is 9.59 Å². The van der Waals surface area contributed by atoms with E-state index >= 15 is 0 Å². The number of carbonyl (C=O) groups excluding carboxylic acids is 2. The van der Waals surface area contributed by atoms with E-state index in [1.165, 1.54) is 5.56 Å². The van der Waals surface area contributed by atoms with Crippen LogP contribution in [0.4, 0.5) is 0 Å². The number of methoxy groups -OCH3 is 1. The molecule has 1 aliphatic rings. The van der Waals surface area contributed by atoms with Crippen molar-refractivity contribution in [1.29, 1.82) is 0 Å². The predicted octanol–water partition coefficient (Wildman–Crippen LogP) is 1.83. The van der Waals surface area contributed by atoms with Crippen molar-refractivity contribution < 1.29 is 28.5 Å². The van der Waals surface area contributed by atoms with Crippen LogP contribution in [0.15, 0.2) is 48.5 Å². The van der Waals surface area contributed by atoms with Gasteiger partial charge in [0.15, 0.2) is 0 Å². The van der Waals surface area contributed by atoms with Crippen LogP contribution in [0.5, 0.6) is 5.75 Å². The molecule has 1 aliphatic heterocycles. The molecule has 2 aromatic rings. The van der Waals surface area contributed by atoms with Crippen molar-refractivity contribution in [3.05, 3.63) is 65.2 Å². The predicted molar refractivity (Wildman–Crippen MR) is 149 cm³/mol. The fourth-order valence-corrected chi connectivity index (χ4v) is 4.08. The minimum absolute atomic E-state index is 0.116. The molecule has 0 saturated carbocycles. The van der Waals surface area contributed by atoms with Gasteiger partial charge in [0.2, 0.25) is 0 Å². The van der Waals surface area contributed by atoms with Crippen LogP contribution in [0.1, 0.15) is 39.1 Å². The average molecular weight is 543 g/mol. The average Bonchev–Trinajstić information content (AvgIpc) is 2.96. The minimum atomic E-state index is -0.170. The number of hydrogen-bond acceptors (Lipinski definition) is 8. The number of nitrogens with two attached hydrogens (primary N) is 1. The number of likely N-dealkylation sites (tertiary alicyclic amines) is 1. The lowest BCUT2D eigenvalue weighted by molar-refractivity contribution is 0.0486. The highest BCUT2D eigenvalue weighted by Crippen LogP contribution is 2.14. The Labute approximate surface area is 231 Å². The highest BCUT2D eigenvalue weighted by Gasteiger charge is 2.16. The molecule has 0 atom stereocenters. The fraction of sp³-hybridized carbons (Fsp3) is 0.517. The Kier molecular flexibility index (Phi) is 13.7. The second-order valence-electron chi connectivity index (χ2n) is 9.41. The number of amides is 2. The van der Waals surface area contributed by atoms with Gasteiger partial charge in [0, 0.05) is 43.9 Å². The molecule has 1 saturated heterocycles. The molecule has 0 spiro atoms. The summed E-state index contributed by atoms with van der Waals surface area (Å²) >= 11 is 0. The quantitative estimate of drug-likeness (QED) is 0.259. The van der Waals surface area contributed by atoms with Gasteiger partial charge in [-0.25, -0.2) is 0 Å². The summed E-state index contributed by atoms with van der Waals surface area (Å²) in [7, 11) is 1.62. The van der Waals surface area contributed by atoms with E-state index in [-0.39, 0.29) is 11.8 Å². The largest absolute Gasteiger partial charge is 0.491 e. The van der Waals surface area contributed by atoms with Crippen molar-refractivity contribution in [2.24, 2.45) is 5.73 Å². The second kappa shape index (κ2) is 17.5. The first kappa shape index (κ1) is 30.5. The van der Waals surface area contributed by atoms with Gasteiger partial charge >= 0.3 is 0 Å².